The maximum absolute atomic E-state index is 12.8. The second-order valence-electron chi connectivity index (χ2n) is 6.79. The zero-order valence-corrected chi connectivity index (χ0v) is 16.4. The molecule has 0 saturated carbocycles. The molecular weight excluding hydrogens is 370 g/mol. The highest BCUT2D eigenvalue weighted by Gasteiger charge is 2.14. The lowest BCUT2D eigenvalue weighted by Crippen LogP contribution is -2.27. The first-order valence-electron chi connectivity index (χ1n) is 8.91. The topological polar surface area (TPSA) is 64.0 Å². The standard InChI is InChI=1S/C22H19N3O2S/c1-14-6-8-16(9-7-14)18-12-28-21-20(18)23-13-25(22(21)27)11-19(26)24-17-5-3-4-15(2)10-17/h3-10,12-13H,11H2,1-2H3,(H,24,26). The number of amides is 1. The molecule has 0 radical (unpaired) electrons. The van der Waals surface area contributed by atoms with Gasteiger partial charge in [-0.3, -0.25) is 14.2 Å². The van der Waals surface area contributed by atoms with Crippen molar-refractivity contribution in [3.05, 3.63) is 81.7 Å². The number of hydrogen-bond acceptors (Lipinski definition) is 4. The number of hydrogen-bond donors (Lipinski definition) is 1. The third-order valence-electron chi connectivity index (χ3n) is 4.52. The summed E-state index contributed by atoms with van der Waals surface area (Å²) in [4.78, 5) is 29.6. The van der Waals surface area contributed by atoms with Crippen molar-refractivity contribution in [3.63, 3.8) is 0 Å². The Labute approximate surface area is 166 Å². The number of carbonyl (C=O) groups excluding carboxylic acids is 1. The van der Waals surface area contributed by atoms with Crippen molar-refractivity contribution in [2.75, 3.05) is 5.32 Å². The van der Waals surface area contributed by atoms with Gasteiger partial charge in [0.05, 0.1) is 11.8 Å². The highest BCUT2D eigenvalue weighted by atomic mass is 32.1. The third kappa shape index (κ3) is 3.59. The van der Waals surface area contributed by atoms with Crippen LogP contribution in [0.2, 0.25) is 0 Å². The third-order valence-corrected chi connectivity index (χ3v) is 5.48. The van der Waals surface area contributed by atoms with Gasteiger partial charge in [-0.25, -0.2) is 4.98 Å². The molecule has 4 aromatic rings. The number of anilines is 1. The molecule has 0 fully saturated rings. The fourth-order valence-corrected chi connectivity index (χ4v) is 4.05. The van der Waals surface area contributed by atoms with E-state index in [9.17, 15) is 9.59 Å². The van der Waals surface area contributed by atoms with E-state index in [1.807, 2.05) is 67.8 Å². The van der Waals surface area contributed by atoms with Gasteiger partial charge in [0.15, 0.2) is 0 Å². The monoisotopic (exact) mass is 389 g/mol. The molecule has 2 aromatic heterocycles. The Kier molecular flexibility index (Phi) is 4.79. The van der Waals surface area contributed by atoms with E-state index in [0.717, 1.165) is 16.7 Å². The molecule has 0 atom stereocenters. The average Bonchev–Trinajstić information content (AvgIpc) is 3.09. The van der Waals surface area contributed by atoms with Gasteiger partial charge in [0.2, 0.25) is 5.91 Å². The van der Waals surface area contributed by atoms with Crippen LogP contribution in [-0.4, -0.2) is 15.5 Å². The Balaban J connectivity index is 1.61. The summed E-state index contributed by atoms with van der Waals surface area (Å²) in [7, 11) is 0. The van der Waals surface area contributed by atoms with E-state index < -0.39 is 0 Å². The van der Waals surface area contributed by atoms with Crippen LogP contribution < -0.4 is 10.9 Å². The van der Waals surface area contributed by atoms with Gasteiger partial charge in [-0.2, -0.15) is 0 Å². The summed E-state index contributed by atoms with van der Waals surface area (Å²) >= 11 is 1.36. The first-order chi connectivity index (χ1) is 13.5. The van der Waals surface area contributed by atoms with Crippen LogP contribution in [0.15, 0.2) is 65.0 Å². The summed E-state index contributed by atoms with van der Waals surface area (Å²) in [6.45, 7) is 3.92. The molecule has 0 aliphatic rings. The quantitative estimate of drug-likeness (QED) is 0.563. The Bertz CT molecular complexity index is 1220. The van der Waals surface area contributed by atoms with Crippen molar-refractivity contribution in [1.29, 1.82) is 0 Å². The smallest absolute Gasteiger partial charge is 0.271 e. The predicted molar refractivity (Wildman–Crippen MR) is 114 cm³/mol. The van der Waals surface area contributed by atoms with Crippen LogP contribution in [-0.2, 0) is 11.3 Å². The van der Waals surface area contributed by atoms with Gasteiger partial charge in [-0.1, -0.05) is 42.0 Å². The molecule has 2 heterocycles. The number of rotatable bonds is 4. The molecule has 0 spiro atoms. The van der Waals surface area contributed by atoms with E-state index in [2.05, 4.69) is 10.3 Å². The Hall–Kier alpha value is -3.25. The van der Waals surface area contributed by atoms with Crippen molar-refractivity contribution in [3.8, 4) is 11.1 Å². The fraction of sp³-hybridized carbons (Fsp3) is 0.136. The summed E-state index contributed by atoms with van der Waals surface area (Å²) in [5.41, 5.74) is 5.39. The van der Waals surface area contributed by atoms with Gasteiger partial charge in [0.1, 0.15) is 11.2 Å². The largest absolute Gasteiger partial charge is 0.325 e. The number of carbonyl (C=O) groups is 1. The molecule has 140 valence electrons. The van der Waals surface area contributed by atoms with Crippen molar-refractivity contribution < 1.29 is 4.79 Å². The highest BCUT2D eigenvalue weighted by Crippen LogP contribution is 2.30. The molecule has 1 N–H and O–H groups in total. The molecule has 0 saturated heterocycles. The van der Waals surface area contributed by atoms with E-state index in [1.165, 1.54) is 27.8 Å². The maximum atomic E-state index is 12.8. The van der Waals surface area contributed by atoms with Crippen LogP contribution in [0.25, 0.3) is 21.3 Å². The number of fused-ring (bicyclic) bond motifs is 1. The highest BCUT2D eigenvalue weighted by molar-refractivity contribution is 7.17. The minimum absolute atomic E-state index is 0.0759. The summed E-state index contributed by atoms with van der Waals surface area (Å²) in [5.74, 6) is -0.260. The molecule has 0 aliphatic heterocycles. The van der Waals surface area contributed by atoms with Gasteiger partial charge in [0.25, 0.3) is 5.56 Å². The summed E-state index contributed by atoms with van der Waals surface area (Å²) in [5, 5.41) is 4.77. The fourth-order valence-electron chi connectivity index (χ4n) is 3.07. The van der Waals surface area contributed by atoms with E-state index in [1.54, 1.807) is 0 Å². The van der Waals surface area contributed by atoms with Gasteiger partial charge < -0.3 is 5.32 Å². The van der Waals surface area contributed by atoms with E-state index >= 15 is 0 Å². The lowest BCUT2D eigenvalue weighted by Gasteiger charge is -2.08. The van der Waals surface area contributed by atoms with Crippen LogP contribution in [0.3, 0.4) is 0 Å². The van der Waals surface area contributed by atoms with Crippen LogP contribution in [0, 0.1) is 13.8 Å². The minimum Gasteiger partial charge on any atom is -0.325 e. The van der Waals surface area contributed by atoms with Crippen molar-refractivity contribution in [2.24, 2.45) is 0 Å². The van der Waals surface area contributed by atoms with Gasteiger partial charge in [0, 0.05) is 16.6 Å². The molecule has 2 aromatic carbocycles. The molecule has 0 unspecified atom stereocenters. The Morgan fingerprint density at radius 1 is 1.11 bits per heavy atom. The van der Waals surface area contributed by atoms with Gasteiger partial charge in [-0.05, 0) is 37.1 Å². The summed E-state index contributed by atoms with van der Waals surface area (Å²) in [6.07, 6.45) is 1.45. The molecule has 4 rings (SSSR count). The minimum atomic E-state index is -0.260. The second-order valence-corrected chi connectivity index (χ2v) is 7.67. The van der Waals surface area contributed by atoms with Gasteiger partial charge >= 0.3 is 0 Å². The molecule has 0 bridgehead atoms. The van der Waals surface area contributed by atoms with Crippen LogP contribution in [0.4, 0.5) is 5.69 Å². The van der Waals surface area contributed by atoms with Crippen LogP contribution in [0.1, 0.15) is 11.1 Å². The van der Waals surface area contributed by atoms with Crippen molar-refractivity contribution in [1.82, 2.24) is 9.55 Å². The first kappa shape index (κ1) is 18.1. The van der Waals surface area contributed by atoms with Crippen LogP contribution in [0.5, 0.6) is 0 Å². The summed E-state index contributed by atoms with van der Waals surface area (Å²) < 4.78 is 1.91. The van der Waals surface area contributed by atoms with E-state index in [0.29, 0.717) is 15.9 Å². The average molecular weight is 389 g/mol. The number of benzene rings is 2. The van der Waals surface area contributed by atoms with E-state index in [4.69, 9.17) is 0 Å². The lowest BCUT2D eigenvalue weighted by molar-refractivity contribution is -0.116. The van der Waals surface area contributed by atoms with Crippen molar-refractivity contribution >= 4 is 33.1 Å². The van der Waals surface area contributed by atoms with Crippen LogP contribution >= 0.6 is 11.3 Å². The normalized spacial score (nSPS) is 10.9. The summed E-state index contributed by atoms with van der Waals surface area (Å²) in [6, 6.07) is 15.7. The second kappa shape index (κ2) is 7.40. The first-order valence-corrected chi connectivity index (χ1v) is 9.79. The molecule has 28 heavy (non-hydrogen) atoms. The number of nitrogens with one attached hydrogen (secondary N) is 1. The Morgan fingerprint density at radius 3 is 2.64 bits per heavy atom. The van der Waals surface area contributed by atoms with Gasteiger partial charge in [-0.15, -0.1) is 11.3 Å². The SMILES string of the molecule is Cc1ccc(-c2csc3c(=O)n(CC(=O)Nc4cccc(C)c4)cnc23)cc1. The zero-order valence-electron chi connectivity index (χ0n) is 15.6. The number of thiophene rings is 1. The van der Waals surface area contributed by atoms with E-state index in [-0.39, 0.29) is 18.0 Å². The van der Waals surface area contributed by atoms with Crippen molar-refractivity contribution in [2.45, 2.75) is 20.4 Å². The molecule has 0 aliphatic carbocycles. The molecular formula is C22H19N3O2S. The Morgan fingerprint density at radius 2 is 1.89 bits per heavy atom. The molecule has 5 nitrogen and oxygen atoms in total. The maximum Gasteiger partial charge on any atom is 0.271 e. The predicted octanol–water partition coefficient (Wildman–Crippen LogP) is 4.38. The molecule has 1 amide bonds. The molecule has 6 heteroatoms. The lowest BCUT2D eigenvalue weighted by atomic mass is 10.1. The zero-order chi connectivity index (χ0) is 19.7. The number of aryl methyl sites for hydroxylation is 2. The number of aromatic nitrogens is 2. The number of nitrogens with zero attached hydrogens (tertiary/aromatic N) is 2.